The predicted octanol–water partition coefficient (Wildman–Crippen LogP) is 2.01. The van der Waals surface area contributed by atoms with Crippen molar-refractivity contribution >= 4 is 5.97 Å². The molecule has 0 unspecified atom stereocenters. The third-order valence-corrected chi connectivity index (χ3v) is 4.46. The Hall–Kier alpha value is -0.950. The highest BCUT2D eigenvalue weighted by atomic mass is 16.5. The Kier molecular flexibility index (Phi) is 10.2. The van der Waals surface area contributed by atoms with Gasteiger partial charge in [-0.3, -0.25) is 4.79 Å². The van der Waals surface area contributed by atoms with Crippen LogP contribution in [0.15, 0.2) is 12.2 Å². The van der Waals surface area contributed by atoms with Crippen LogP contribution in [0.5, 0.6) is 0 Å². The lowest BCUT2D eigenvalue weighted by Gasteiger charge is -2.17. The number of aliphatic carboxylic acids is 1. The Morgan fingerprint density at radius 1 is 1.17 bits per heavy atom. The van der Waals surface area contributed by atoms with Crippen molar-refractivity contribution in [3.63, 3.8) is 0 Å². The molecule has 0 bridgehead atoms. The molecule has 5 atom stereocenters. The number of carboxylic acids is 1. The number of carbonyl (C=O) groups is 1. The lowest BCUT2D eigenvalue weighted by molar-refractivity contribution is -0.137. The van der Waals surface area contributed by atoms with Crippen molar-refractivity contribution in [1.29, 1.82) is 0 Å². The molecule has 0 aromatic rings. The van der Waals surface area contributed by atoms with Crippen LogP contribution in [-0.2, 0) is 9.53 Å². The zero-order valence-corrected chi connectivity index (χ0v) is 14.5. The highest BCUT2D eigenvalue weighted by Crippen LogP contribution is 2.27. The molecule has 0 aliphatic carbocycles. The van der Waals surface area contributed by atoms with Crippen molar-refractivity contribution in [3.8, 4) is 0 Å². The summed E-state index contributed by atoms with van der Waals surface area (Å²) in [6.45, 7) is 1.86. The van der Waals surface area contributed by atoms with Gasteiger partial charge in [0, 0.05) is 12.8 Å². The summed E-state index contributed by atoms with van der Waals surface area (Å²) in [7, 11) is 0. The summed E-state index contributed by atoms with van der Waals surface area (Å²) in [5.41, 5.74) is 0. The second-order valence-electron chi connectivity index (χ2n) is 6.57. The van der Waals surface area contributed by atoms with Crippen molar-refractivity contribution in [2.24, 2.45) is 0 Å². The monoisotopic (exact) mass is 344 g/mol. The van der Waals surface area contributed by atoms with Gasteiger partial charge in [-0.15, -0.1) is 0 Å². The molecule has 0 spiro atoms. The lowest BCUT2D eigenvalue weighted by atomic mass is 10.0. The SMILES string of the molecule is CC[C@H](O)/C=C/[C@H](O)[C@@H]1C[C@@H](O)[C@@H](CCCCCCCC(=O)O)O1. The van der Waals surface area contributed by atoms with Crippen LogP contribution in [0.2, 0.25) is 0 Å². The molecule has 1 fully saturated rings. The number of aliphatic hydroxyl groups is 3. The standard InChI is InChI=1S/C18H32O6/c1-2-13(19)10-11-14(20)17-12-15(21)16(24-17)8-6-4-3-5-7-9-18(22)23/h10-11,13-17,19-21H,2-9,12H2,1H3,(H,22,23)/b11-10+/t13-,14-,15+,16+,17-/m0/s1. The molecule has 0 aromatic carbocycles. The molecule has 1 rings (SSSR count). The van der Waals surface area contributed by atoms with Gasteiger partial charge in [-0.1, -0.05) is 44.8 Å². The molecule has 6 nitrogen and oxygen atoms in total. The number of ether oxygens (including phenoxy) is 1. The van der Waals surface area contributed by atoms with Crippen molar-refractivity contribution < 1.29 is 30.0 Å². The van der Waals surface area contributed by atoms with E-state index >= 15 is 0 Å². The Balaban J connectivity index is 2.19. The minimum Gasteiger partial charge on any atom is -0.481 e. The van der Waals surface area contributed by atoms with Gasteiger partial charge in [-0.2, -0.15) is 0 Å². The van der Waals surface area contributed by atoms with Crippen LogP contribution in [0.1, 0.15) is 64.7 Å². The smallest absolute Gasteiger partial charge is 0.303 e. The predicted molar refractivity (Wildman–Crippen MR) is 90.7 cm³/mol. The maximum absolute atomic E-state index is 10.4. The van der Waals surface area contributed by atoms with Crippen molar-refractivity contribution in [1.82, 2.24) is 0 Å². The molecule has 0 radical (unpaired) electrons. The van der Waals surface area contributed by atoms with Crippen molar-refractivity contribution in [3.05, 3.63) is 12.2 Å². The number of carboxylic acid groups (broad SMARTS) is 1. The van der Waals surface area contributed by atoms with Gasteiger partial charge in [0.2, 0.25) is 0 Å². The first-order chi connectivity index (χ1) is 11.4. The molecular formula is C18H32O6. The Labute approximate surface area is 144 Å². The van der Waals surface area contributed by atoms with E-state index < -0.39 is 30.4 Å². The first kappa shape index (κ1) is 21.1. The van der Waals surface area contributed by atoms with Crippen LogP contribution in [0, 0.1) is 0 Å². The summed E-state index contributed by atoms with van der Waals surface area (Å²) in [5.74, 6) is -0.748. The topological polar surface area (TPSA) is 107 Å². The molecule has 0 aromatic heterocycles. The average Bonchev–Trinajstić information content (AvgIpc) is 2.92. The minimum absolute atomic E-state index is 0.226. The molecule has 0 saturated carbocycles. The molecule has 0 amide bonds. The Bertz CT molecular complexity index is 384. The number of hydrogen-bond acceptors (Lipinski definition) is 5. The van der Waals surface area contributed by atoms with Gasteiger partial charge >= 0.3 is 5.97 Å². The second kappa shape index (κ2) is 11.6. The Morgan fingerprint density at radius 2 is 1.83 bits per heavy atom. The van der Waals surface area contributed by atoms with E-state index in [2.05, 4.69) is 0 Å². The van der Waals surface area contributed by atoms with Gasteiger partial charge in [-0.05, 0) is 19.3 Å². The Morgan fingerprint density at radius 3 is 2.50 bits per heavy atom. The fourth-order valence-electron chi connectivity index (χ4n) is 2.90. The second-order valence-corrected chi connectivity index (χ2v) is 6.57. The highest BCUT2D eigenvalue weighted by molar-refractivity contribution is 5.66. The molecular weight excluding hydrogens is 312 g/mol. The zero-order chi connectivity index (χ0) is 17.9. The van der Waals surface area contributed by atoms with Crippen LogP contribution in [-0.4, -0.2) is 56.9 Å². The van der Waals surface area contributed by atoms with E-state index in [1.807, 2.05) is 6.92 Å². The molecule has 1 aliphatic heterocycles. The lowest BCUT2D eigenvalue weighted by Crippen LogP contribution is -2.25. The van der Waals surface area contributed by atoms with Gasteiger partial charge in [0.05, 0.1) is 30.5 Å². The molecule has 1 saturated heterocycles. The highest BCUT2D eigenvalue weighted by Gasteiger charge is 2.36. The van der Waals surface area contributed by atoms with E-state index in [4.69, 9.17) is 9.84 Å². The molecule has 24 heavy (non-hydrogen) atoms. The molecule has 4 N–H and O–H groups in total. The van der Waals surface area contributed by atoms with Crippen LogP contribution in [0.25, 0.3) is 0 Å². The normalized spacial score (nSPS) is 26.8. The zero-order valence-electron chi connectivity index (χ0n) is 14.5. The summed E-state index contributed by atoms with van der Waals surface area (Å²) in [6, 6.07) is 0. The van der Waals surface area contributed by atoms with E-state index in [0.717, 1.165) is 32.1 Å². The van der Waals surface area contributed by atoms with Gasteiger partial charge in [-0.25, -0.2) is 0 Å². The van der Waals surface area contributed by atoms with Gasteiger partial charge in [0.15, 0.2) is 0 Å². The quantitative estimate of drug-likeness (QED) is 0.319. The maximum Gasteiger partial charge on any atom is 0.303 e. The summed E-state index contributed by atoms with van der Waals surface area (Å²) in [6.07, 6.45) is 6.93. The number of unbranched alkanes of at least 4 members (excludes halogenated alkanes) is 4. The summed E-state index contributed by atoms with van der Waals surface area (Å²) in [5, 5.41) is 38.1. The fourth-order valence-corrected chi connectivity index (χ4v) is 2.90. The largest absolute Gasteiger partial charge is 0.481 e. The summed E-state index contributed by atoms with van der Waals surface area (Å²) in [4.78, 5) is 10.4. The fraction of sp³-hybridized carbons (Fsp3) is 0.833. The van der Waals surface area contributed by atoms with E-state index in [0.29, 0.717) is 19.3 Å². The number of rotatable bonds is 12. The maximum atomic E-state index is 10.4. The van der Waals surface area contributed by atoms with Crippen LogP contribution in [0.4, 0.5) is 0 Å². The minimum atomic E-state index is -0.818. The van der Waals surface area contributed by atoms with Crippen LogP contribution < -0.4 is 0 Å². The molecule has 6 heteroatoms. The third kappa shape index (κ3) is 8.24. The van der Waals surface area contributed by atoms with Crippen LogP contribution in [0.3, 0.4) is 0 Å². The first-order valence-corrected chi connectivity index (χ1v) is 9.03. The van der Waals surface area contributed by atoms with E-state index in [-0.39, 0.29) is 12.5 Å². The molecule has 140 valence electrons. The number of aliphatic hydroxyl groups excluding tert-OH is 3. The molecule has 1 aliphatic rings. The van der Waals surface area contributed by atoms with Gasteiger partial charge in [0.1, 0.15) is 0 Å². The van der Waals surface area contributed by atoms with Crippen molar-refractivity contribution in [2.45, 2.75) is 95.2 Å². The first-order valence-electron chi connectivity index (χ1n) is 9.03. The average molecular weight is 344 g/mol. The third-order valence-electron chi connectivity index (χ3n) is 4.46. The summed E-state index contributed by atoms with van der Waals surface area (Å²) >= 11 is 0. The van der Waals surface area contributed by atoms with Gasteiger partial charge < -0.3 is 25.2 Å². The number of hydrogen-bond donors (Lipinski definition) is 4. The van der Waals surface area contributed by atoms with E-state index in [1.165, 1.54) is 6.08 Å². The van der Waals surface area contributed by atoms with E-state index in [1.54, 1.807) is 6.08 Å². The van der Waals surface area contributed by atoms with Gasteiger partial charge in [0.25, 0.3) is 0 Å². The van der Waals surface area contributed by atoms with E-state index in [9.17, 15) is 20.1 Å². The molecule has 1 heterocycles. The van der Waals surface area contributed by atoms with Crippen molar-refractivity contribution in [2.75, 3.05) is 0 Å². The summed E-state index contributed by atoms with van der Waals surface area (Å²) < 4.78 is 5.75. The van der Waals surface area contributed by atoms with Crippen LogP contribution >= 0.6 is 0 Å².